The molecule has 7 heteroatoms. The van der Waals surface area contributed by atoms with Gasteiger partial charge in [0.05, 0.1) is 4.47 Å². The van der Waals surface area contributed by atoms with Gasteiger partial charge in [-0.15, -0.1) is 0 Å². The first-order chi connectivity index (χ1) is 9.96. The lowest BCUT2D eigenvalue weighted by Gasteiger charge is -2.22. The molecule has 0 aromatic heterocycles. The molecule has 2 aromatic rings. The Bertz CT molecular complexity index is 616. The van der Waals surface area contributed by atoms with Gasteiger partial charge in [-0.1, -0.05) is 31.9 Å². The predicted molar refractivity (Wildman–Crippen MR) is 90.7 cm³/mol. The number of halogens is 3. The van der Waals surface area contributed by atoms with Crippen molar-refractivity contribution in [2.24, 2.45) is 0 Å². The molecule has 0 aliphatic carbocycles. The summed E-state index contributed by atoms with van der Waals surface area (Å²) < 4.78 is 18.0. The fraction of sp³-hybridized carbons (Fsp3) is 0.143. The lowest BCUT2D eigenvalue weighted by atomic mass is 10.2. The molecule has 0 radical (unpaired) electrons. The number of rotatable bonds is 0. The minimum absolute atomic E-state index is 0.0288. The molecule has 0 bridgehead atoms. The highest BCUT2D eigenvalue weighted by Gasteiger charge is 2.24. The van der Waals surface area contributed by atoms with Gasteiger partial charge in [0, 0.05) is 23.2 Å². The standard InChI is InChI=1S/C12H5Br3O3.C2H6O/c13-5-1-7(15)11-9(3-5)18-12-8(16)2-6(14)4-10(12)17-11;1-3-2/h1-4,16H;1-2H3. The molecule has 3 rings (SSSR count). The van der Waals surface area contributed by atoms with Crippen LogP contribution in [0.15, 0.2) is 37.7 Å². The largest absolute Gasteiger partial charge is 0.504 e. The second kappa shape index (κ2) is 7.00. The van der Waals surface area contributed by atoms with E-state index < -0.39 is 0 Å². The minimum atomic E-state index is 0.0288. The lowest BCUT2D eigenvalue weighted by molar-refractivity contribution is 0.277. The van der Waals surface area contributed by atoms with E-state index >= 15 is 0 Å². The van der Waals surface area contributed by atoms with Crippen LogP contribution in [0.5, 0.6) is 28.7 Å². The Kier molecular flexibility index (Phi) is 5.54. The smallest absolute Gasteiger partial charge is 0.211 e. The fourth-order valence-corrected chi connectivity index (χ4v) is 3.36. The fourth-order valence-electron chi connectivity index (χ4n) is 1.66. The average molecular weight is 483 g/mol. The summed E-state index contributed by atoms with van der Waals surface area (Å²) >= 11 is 10.1. The molecule has 0 spiro atoms. The number of hydrogen-bond acceptors (Lipinski definition) is 4. The molecule has 0 amide bonds. The number of methoxy groups -OCH3 is 1. The van der Waals surface area contributed by atoms with Crippen molar-refractivity contribution in [3.8, 4) is 28.7 Å². The molecule has 21 heavy (non-hydrogen) atoms. The first kappa shape index (κ1) is 16.6. The van der Waals surface area contributed by atoms with Crippen molar-refractivity contribution in [1.82, 2.24) is 0 Å². The number of aromatic hydroxyl groups is 1. The van der Waals surface area contributed by atoms with E-state index in [0.717, 1.165) is 13.4 Å². The summed E-state index contributed by atoms with van der Waals surface area (Å²) in [6.45, 7) is 0. The van der Waals surface area contributed by atoms with Crippen LogP contribution in [-0.2, 0) is 4.74 Å². The topological polar surface area (TPSA) is 47.9 Å². The third-order valence-electron chi connectivity index (χ3n) is 2.40. The van der Waals surface area contributed by atoms with Gasteiger partial charge < -0.3 is 19.3 Å². The molecule has 1 heterocycles. The average Bonchev–Trinajstić information content (AvgIpc) is 2.38. The monoisotopic (exact) mass is 480 g/mol. The van der Waals surface area contributed by atoms with Crippen molar-refractivity contribution in [3.05, 3.63) is 37.7 Å². The van der Waals surface area contributed by atoms with Crippen molar-refractivity contribution in [2.45, 2.75) is 0 Å². The quantitative estimate of drug-likeness (QED) is 0.437. The second-order valence-corrected chi connectivity index (χ2v) is 6.77. The number of ether oxygens (including phenoxy) is 3. The van der Waals surface area contributed by atoms with Crippen LogP contribution in [0.25, 0.3) is 0 Å². The van der Waals surface area contributed by atoms with E-state index in [1.807, 2.05) is 6.07 Å². The van der Waals surface area contributed by atoms with E-state index in [4.69, 9.17) is 9.47 Å². The normalized spacial score (nSPS) is 11.3. The summed E-state index contributed by atoms with van der Waals surface area (Å²) in [5.41, 5.74) is 0. The van der Waals surface area contributed by atoms with E-state index in [2.05, 4.69) is 52.5 Å². The number of hydrogen-bond donors (Lipinski definition) is 1. The zero-order chi connectivity index (χ0) is 15.6. The van der Waals surface area contributed by atoms with Crippen molar-refractivity contribution < 1.29 is 19.3 Å². The van der Waals surface area contributed by atoms with Crippen molar-refractivity contribution in [1.29, 1.82) is 0 Å². The Hall–Kier alpha value is -0.760. The maximum absolute atomic E-state index is 9.84. The zero-order valence-electron chi connectivity index (χ0n) is 11.1. The highest BCUT2D eigenvalue weighted by atomic mass is 79.9. The molecular formula is C14H11Br3O4. The zero-order valence-corrected chi connectivity index (χ0v) is 15.9. The van der Waals surface area contributed by atoms with Crippen LogP contribution >= 0.6 is 47.8 Å². The van der Waals surface area contributed by atoms with Crippen LogP contribution in [0, 0.1) is 0 Å². The predicted octanol–water partition coefficient (Wildman–Crippen LogP) is 5.84. The summed E-state index contributed by atoms with van der Waals surface area (Å²) in [6, 6.07) is 6.95. The highest BCUT2D eigenvalue weighted by molar-refractivity contribution is 9.11. The molecule has 4 nitrogen and oxygen atoms in total. The summed E-state index contributed by atoms with van der Waals surface area (Å²) in [5.74, 6) is 1.94. The molecule has 0 saturated heterocycles. The molecule has 1 aliphatic rings. The molecule has 2 aromatic carbocycles. The van der Waals surface area contributed by atoms with Gasteiger partial charge in [-0.05, 0) is 40.2 Å². The first-order valence-corrected chi connectivity index (χ1v) is 8.11. The van der Waals surface area contributed by atoms with Gasteiger partial charge in [-0.25, -0.2) is 0 Å². The van der Waals surface area contributed by atoms with Gasteiger partial charge in [-0.2, -0.15) is 0 Å². The maximum Gasteiger partial charge on any atom is 0.211 e. The second-order valence-electron chi connectivity index (χ2n) is 4.08. The van der Waals surface area contributed by atoms with Crippen LogP contribution in [0.2, 0.25) is 0 Å². The third kappa shape index (κ3) is 3.71. The Morgan fingerprint density at radius 1 is 0.857 bits per heavy atom. The molecule has 1 N–H and O–H groups in total. The number of fused-ring (bicyclic) bond motifs is 2. The summed E-state index contributed by atoms with van der Waals surface area (Å²) in [6.07, 6.45) is 0. The van der Waals surface area contributed by atoms with E-state index in [1.165, 1.54) is 0 Å². The Morgan fingerprint density at radius 2 is 1.33 bits per heavy atom. The summed E-state index contributed by atoms with van der Waals surface area (Å²) in [5, 5.41) is 9.84. The van der Waals surface area contributed by atoms with Crippen LogP contribution in [-0.4, -0.2) is 19.3 Å². The van der Waals surface area contributed by atoms with E-state index in [0.29, 0.717) is 23.0 Å². The third-order valence-corrected chi connectivity index (χ3v) is 3.90. The Balaban J connectivity index is 0.000000497. The molecule has 0 fully saturated rings. The molecule has 0 unspecified atom stereocenters. The molecule has 0 atom stereocenters. The first-order valence-electron chi connectivity index (χ1n) is 5.73. The number of phenols is 1. The Morgan fingerprint density at radius 3 is 1.95 bits per heavy atom. The number of benzene rings is 2. The van der Waals surface area contributed by atoms with Crippen LogP contribution in [0.4, 0.5) is 0 Å². The molecule has 1 aliphatic heterocycles. The van der Waals surface area contributed by atoms with Crippen LogP contribution in [0.3, 0.4) is 0 Å². The summed E-state index contributed by atoms with van der Waals surface area (Å²) in [7, 11) is 3.25. The van der Waals surface area contributed by atoms with Gasteiger partial charge >= 0.3 is 0 Å². The van der Waals surface area contributed by atoms with Gasteiger partial charge in [-0.3, -0.25) is 0 Å². The highest BCUT2D eigenvalue weighted by Crippen LogP contribution is 2.53. The Labute approximate surface area is 147 Å². The maximum atomic E-state index is 9.84. The van der Waals surface area contributed by atoms with E-state index in [9.17, 15) is 5.11 Å². The van der Waals surface area contributed by atoms with Gasteiger partial charge in [0.15, 0.2) is 23.0 Å². The van der Waals surface area contributed by atoms with Gasteiger partial charge in [0.1, 0.15) is 0 Å². The van der Waals surface area contributed by atoms with Crippen molar-refractivity contribution >= 4 is 47.8 Å². The van der Waals surface area contributed by atoms with E-state index in [-0.39, 0.29) is 5.75 Å². The van der Waals surface area contributed by atoms with Crippen molar-refractivity contribution in [2.75, 3.05) is 14.2 Å². The molecule has 0 saturated carbocycles. The van der Waals surface area contributed by atoms with Gasteiger partial charge in [0.2, 0.25) is 5.75 Å². The molecular weight excluding hydrogens is 472 g/mol. The van der Waals surface area contributed by atoms with Gasteiger partial charge in [0.25, 0.3) is 0 Å². The lowest BCUT2D eigenvalue weighted by Crippen LogP contribution is -2.00. The number of phenolic OH excluding ortho intramolecular Hbond substituents is 1. The SMILES string of the molecule is COC.Oc1cc(Br)cc2c1Oc1cc(Br)cc(Br)c1O2. The van der Waals surface area contributed by atoms with Crippen LogP contribution < -0.4 is 9.47 Å². The summed E-state index contributed by atoms with van der Waals surface area (Å²) in [4.78, 5) is 0. The van der Waals surface area contributed by atoms with Crippen molar-refractivity contribution in [3.63, 3.8) is 0 Å². The van der Waals surface area contributed by atoms with Crippen LogP contribution in [0.1, 0.15) is 0 Å². The van der Waals surface area contributed by atoms with E-state index in [1.54, 1.807) is 32.4 Å². The molecule has 112 valence electrons. The minimum Gasteiger partial charge on any atom is -0.504 e.